The number of para-hydroxylation sites is 1. The van der Waals surface area contributed by atoms with Gasteiger partial charge in [0.2, 0.25) is 0 Å². The van der Waals surface area contributed by atoms with Gasteiger partial charge in [0.1, 0.15) is 12.4 Å². The standard InChI is InChI=1S/C25H27NO2/c1-3-19-14-15-21(4-2)22(16-19)17-26-25(27)23-12-8-9-13-24(23)28-18-20-10-6-5-7-11-20/h5-16H,3-4,17-18H2,1-2H3,(H,26,27). The van der Waals surface area contributed by atoms with Gasteiger partial charge in [-0.15, -0.1) is 0 Å². The molecule has 3 aromatic carbocycles. The molecule has 0 atom stereocenters. The van der Waals surface area contributed by atoms with Crippen LogP contribution in [0.15, 0.2) is 72.8 Å². The van der Waals surface area contributed by atoms with Gasteiger partial charge in [0.15, 0.2) is 0 Å². The fourth-order valence-corrected chi connectivity index (χ4v) is 3.19. The second-order valence-electron chi connectivity index (χ2n) is 6.76. The van der Waals surface area contributed by atoms with Crippen molar-refractivity contribution >= 4 is 5.91 Å². The van der Waals surface area contributed by atoms with Crippen LogP contribution in [0.2, 0.25) is 0 Å². The molecule has 1 N–H and O–H groups in total. The summed E-state index contributed by atoms with van der Waals surface area (Å²) in [5.74, 6) is 0.481. The monoisotopic (exact) mass is 373 g/mol. The number of amides is 1. The van der Waals surface area contributed by atoms with E-state index in [9.17, 15) is 4.79 Å². The van der Waals surface area contributed by atoms with Crippen LogP contribution in [-0.4, -0.2) is 5.91 Å². The highest BCUT2D eigenvalue weighted by molar-refractivity contribution is 5.96. The van der Waals surface area contributed by atoms with Crippen molar-refractivity contribution in [1.29, 1.82) is 0 Å². The van der Waals surface area contributed by atoms with Gasteiger partial charge in [0, 0.05) is 6.54 Å². The first kappa shape index (κ1) is 19.7. The zero-order chi connectivity index (χ0) is 19.8. The first-order valence-corrected chi connectivity index (χ1v) is 9.85. The Morgan fingerprint density at radius 3 is 2.32 bits per heavy atom. The van der Waals surface area contributed by atoms with Crippen LogP contribution in [0.1, 0.15) is 46.5 Å². The molecule has 0 aromatic heterocycles. The molecule has 0 aliphatic rings. The Bertz CT molecular complexity index is 919. The maximum atomic E-state index is 12.8. The predicted octanol–water partition coefficient (Wildman–Crippen LogP) is 5.32. The van der Waals surface area contributed by atoms with E-state index in [1.54, 1.807) is 6.07 Å². The van der Waals surface area contributed by atoms with Gasteiger partial charge in [-0.2, -0.15) is 0 Å². The molecule has 3 aromatic rings. The number of carbonyl (C=O) groups is 1. The third-order valence-electron chi connectivity index (χ3n) is 4.87. The lowest BCUT2D eigenvalue weighted by Crippen LogP contribution is -2.24. The van der Waals surface area contributed by atoms with E-state index in [-0.39, 0.29) is 5.91 Å². The summed E-state index contributed by atoms with van der Waals surface area (Å²) in [6.45, 7) is 5.23. The predicted molar refractivity (Wildman–Crippen MR) is 114 cm³/mol. The lowest BCUT2D eigenvalue weighted by molar-refractivity contribution is 0.0946. The third kappa shape index (κ3) is 5.01. The molecule has 0 radical (unpaired) electrons. The Balaban J connectivity index is 1.70. The topological polar surface area (TPSA) is 38.3 Å². The number of ether oxygens (including phenoxy) is 1. The molecule has 3 heteroatoms. The van der Waals surface area contributed by atoms with Crippen LogP contribution < -0.4 is 10.1 Å². The van der Waals surface area contributed by atoms with Crippen molar-refractivity contribution in [3.63, 3.8) is 0 Å². The Kier molecular flexibility index (Phi) is 6.85. The average Bonchev–Trinajstić information content (AvgIpc) is 2.76. The molecule has 1 amide bonds. The molecular weight excluding hydrogens is 346 g/mol. The maximum absolute atomic E-state index is 12.8. The Morgan fingerprint density at radius 1 is 0.821 bits per heavy atom. The van der Waals surface area contributed by atoms with E-state index in [0.29, 0.717) is 24.5 Å². The van der Waals surface area contributed by atoms with Crippen LogP contribution in [0.5, 0.6) is 5.75 Å². The van der Waals surface area contributed by atoms with Crippen LogP contribution in [0.25, 0.3) is 0 Å². The van der Waals surface area contributed by atoms with Gasteiger partial charge in [-0.1, -0.05) is 74.5 Å². The molecule has 144 valence electrons. The van der Waals surface area contributed by atoms with Crippen LogP contribution in [-0.2, 0) is 26.0 Å². The minimum atomic E-state index is -0.118. The van der Waals surface area contributed by atoms with Gasteiger partial charge in [0.25, 0.3) is 5.91 Å². The smallest absolute Gasteiger partial charge is 0.255 e. The van der Waals surface area contributed by atoms with Crippen molar-refractivity contribution in [3.8, 4) is 5.75 Å². The number of rotatable bonds is 8. The lowest BCUT2D eigenvalue weighted by atomic mass is 10.0. The van der Waals surface area contributed by atoms with Crippen LogP contribution >= 0.6 is 0 Å². The van der Waals surface area contributed by atoms with Gasteiger partial charge < -0.3 is 10.1 Å². The molecule has 0 heterocycles. The molecular formula is C25H27NO2. The van der Waals surface area contributed by atoms with Crippen molar-refractivity contribution in [3.05, 3.63) is 101 Å². The third-order valence-corrected chi connectivity index (χ3v) is 4.87. The van der Waals surface area contributed by atoms with Gasteiger partial charge in [-0.25, -0.2) is 0 Å². The van der Waals surface area contributed by atoms with Gasteiger partial charge in [0.05, 0.1) is 5.56 Å². The maximum Gasteiger partial charge on any atom is 0.255 e. The SMILES string of the molecule is CCc1ccc(CC)c(CNC(=O)c2ccccc2OCc2ccccc2)c1. The van der Waals surface area contributed by atoms with Crippen molar-refractivity contribution in [2.24, 2.45) is 0 Å². The molecule has 0 bridgehead atoms. The van der Waals surface area contributed by atoms with E-state index in [2.05, 4.69) is 37.4 Å². The molecule has 28 heavy (non-hydrogen) atoms. The van der Waals surface area contributed by atoms with E-state index in [1.807, 2.05) is 48.5 Å². The normalized spacial score (nSPS) is 10.5. The number of benzene rings is 3. The zero-order valence-electron chi connectivity index (χ0n) is 16.6. The van der Waals surface area contributed by atoms with Gasteiger partial charge in [-0.05, 0) is 47.2 Å². The highest BCUT2D eigenvalue weighted by Gasteiger charge is 2.13. The summed E-state index contributed by atoms with van der Waals surface area (Å²) in [7, 11) is 0. The number of carbonyl (C=O) groups excluding carboxylic acids is 1. The van der Waals surface area contributed by atoms with E-state index in [0.717, 1.165) is 18.4 Å². The molecule has 0 fully saturated rings. The highest BCUT2D eigenvalue weighted by atomic mass is 16.5. The quantitative estimate of drug-likeness (QED) is 0.580. The van der Waals surface area contributed by atoms with E-state index >= 15 is 0 Å². The van der Waals surface area contributed by atoms with Crippen LogP contribution in [0.4, 0.5) is 0 Å². The minimum absolute atomic E-state index is 0.118. The summed E-state index contributed by atoms with van der Waals surface area (Å²) in [6.07, 6.45) is 1.94. The number of hydrogen-bond acceptors (Lipinski definition) is 2. The minimum Gasteiger partial charge on any atom is -0.488 e. The van der Waals surface area contributed by atoms with Crippen molar-refractivity contribution in [1.82, 2.24) is 5.32 Å². The van der Waals surface area contributed by atoms with Gasteiger partial charge >= 0.3 is 0 Å². The molecule has 0 aliphatic heterocycles. The first-order valence-electron chi connectivity index (χ1n) is 9.85. The Labute approximate surface area is 167 Å². The molecule has 0 spiro atoms. The first-order chi connectivity index (χ1) is 13.7. The van der Waals surface area contributed by atoms with Crippen molar-refractivity contribution in [2.75, 3.05) is 0 Å². The van der Waals surface area contributed by atoms with E-state index in [1.165, 1.54) is 16.7 Å². The summed E-state index contributed by atoms with van der Waals surface area (Å²) in [4.78, 5) is 12.8. The van der Waals surface area contributed by atoms with Crippen LogP contribution in [0, 0.1) is 0 Å². The Hall–Kier alpha value is -3.07. The van der Waals surface area contributed by atoms with Gasteiger partial charge in [-0.3, -0.25) is 4.79 Å². The molecule has 0 saturated carbocycles. The lowest BCUT2D eigenvalue weighted by Gasteiger charge is -2.14. The summed E-state index contributed by atoms with van der Waals surface area (Å²) in [6, 6.07) is 23.9. The summed E-state index contributed by atoms with van der Waals surface area (Å²) >= 11 is 0. The molecule has 0 unspecified atom stereocenters. The largest absolute Gasteiger partial charge is 0.488 e. The van der Waals surface area contributed by atoms with E-state index in [4.69, 9.17) is 4.74 Å². The second-order valence-corrected chi connectivity index (χ2v) is 6.76. The Morgan fingerprint density at radius 2 is 1.57 bits per heavy atom. The van der Waals surface area contributed by atoms with Crippen molar-refractivity contribution in [2.45, 2.75) is 39.8 Å². The van der Waals surface area contributed by atoms with E-state index < -0.39 is 0 Å². The summed E-state index contributed by atoms with van der Waals surface area (Å²) in [5.41, 5.74) is 5.36. The second kappa shape index (κ2) is 9.75. The summed E-state index contributed by atoms with van der Waals surface area (Å²) in [5, 5.41) is 3.06. The van der Waals surface area contributed by atoms with Crippen molar-refractivity contribution < 1.29 is 9.53 Å². The fourth-order valence-electron chi connectivity index (χ4n) is 3.19. The molecule has 3 rings (SSSR count). The average molecular weight is 373 g/mol. The number of nitrogens with one attached hydrogen (secondary N) is 1. The number of hydrogen-bond donors (Lipinski definition) is 1. The zero-order valence-corrected chi connectivity index (χ0v) is 16.6. The summed E-state index contributed by atoms with van der Waals surface area (Å²) < 4.78 is 5.92. The molecule has 0 aliphatic carbocycles. The fraction of sp³-hybridized carbons (Fsp3) is 0.240. The van der Waals surface area contributed by atoms with Crippen LogP contribution in [0.3, 0.4) is 0 Å². The molecule has 0 saturated heterocycles. The molecule has 3 nitrogen and oxygen atoms in total. The highest BCUT2D eigenvalue weighted by Crippen LogP contribution is 2.20. The number of aryl methyl sites for hydroxylation is 2.